The Balaban J connectivity index is 0.000000197. The molecule has 1 N–H and O–H groups in total. The first-order valence-corrected chi connectivity index (χ1v) is 25.5. The van der Waals surface area contributed by atoms with Crippen molar-refractivity contribution in [2.75, 3.05) is 90.5 Å². The van der Waals surface area contributed by atoms with Gasteiger partial charge in [-0.15, -0.1) is 0 Å². The zero-order valence-electron chi connectivity index (χ0n) is 39.9. The molecule has 378 valence electrons. The number of halogens is 3. The van der Waals surface area contributed by atoms with Gasteiger partial charge in [0.25, 0.3) is 5.97 Å². The Labute approximate surface area is 441 Å². The third-order valence-corrected chi connectivity index (χ3v) is 13.4. The number of carbonyl (C=O) groups is 3. The molecule has 6 aliphatic heterocycles. The molecule has 6 aliphatic rings. The van der Waals surface area contributed by atoms with Crippen LogP contribution in [0, 0.1) is 3.57 Å². The maximum atomic E-state index is 12.9. The van der Waals surface area contributed by atoms with Crippen molar-refractivity contribution in [1.29, 1.82) is 0 Å². The molecule has 10 rings (SSSR count). The summed E-state index contributed by atoms with van der Waals surface area (Å²) in [6.07, 6.45) is 0.601. The van der Waals surface area contributed by atoms with Crippen LogP contribution < -0.4 is 47.4 Å². The summed E-state index contributed by atoms with van der Waals surface area (Å²) in [4.78, 5) is 39.2. The van der Waals surface area contributed by atoms with Crippen molar-refractivity contribution in [3.05, 3.63) is 78.4 Å². The monoisotopic (exact) mass is 1240 g/mol. The second-order valence-electron chi connectivity index (χ2n) is 15.8. The van der Waals surface area contributed by atoms with Crippen molar-refractivity contribution in [2.45, 2.75) is 44.1 Å². The Morgan fingerprint density at radius 1 is 0.700 bits per heavy atom. The fraction of sp³-hybridized carbons (Fsp3) is 0.426. The van der Waals surface area contributed by atoms with E-state index >= 15 is 0 Å². The van der Waals surface area contributed by atoms with Gasteiger partial charge in [0, 0.05) is 83.2 Å². The third-order valence-electron chi connectivity index (χ3n) is 12.2. The minimum atomic E-state index is -0.833. The lowest BCUT2D eigenvalue weighted by Crippen LogP contribution is -2.36. The molecule has 4 aromatic carbocycles. The number of cyclic esters (lactones) is 2. The number of likely N-dealkylation sites (N-methyl/N-ethyl adjacent to an activating group) is 2. The Morgan fingerprint density at radius 2 is 1.13 bits per heavy atom. The molecule has 0 bridgehead atoms. The second-order valence-corrected chi connectivity index (χ2v) is 17.2. The molecule has 0 aromatic heterocycles. The van der Waals surface area contributed by atoms with E-state index in [4.69, 9.17) is 66.7 Å². The molecular weight excluding hydrogens is 1180 g/mol. The molecule has 0 spiro atoms. The van der Waals surface area contributed by atoms with Crippen molar-refractivity contribution < 1.29 is 76.3 Å². The van der Waals surface area contributed by atoms with E-state index in [-0.39, 0.29) is 25.7 Å². The number of hydrogen-bond donors (Lipinski definition) is 1. The summed E-state index contributed by atoms with van der Waals surface area (Å²) >= 11 is 7.94. The minimum Gasteiger partial charge on any atom is -0.493 e. The van der Waals surface area contributed by atoms with Crippen LogP contribution in [0.15, 0.2) is 34.7 Å². The number of methoxy groups -OCH3 is 6. The van der Waals surface area contributed by atoms with Crippen molar-refractivity contribution >= 4 is 83.3 Å². The second kappa shape index (κ2) is 23.9. The maximum absolute atomic E-state index is 12.9. The first-order chi connectivity index (χ1) is 33.7. The number of carboxylic acids is 1. The number of carboxylic acid groups (broad SMARTS) is 1. The topological polar surface area (TPSA) is 201 Å². The molecule has 23 heteroatoms. The fourth-order valence-corrected chi connectivity index (χ4v) is 10.4. The lowest BCUT2D eigenvalue weighted by atomic mass is 9.85. The van der Waals surface area contributed by atoms with Gasteiger partial charge in [-0.25, -0.2) is 14.0 Å². The van der Waals surface area contributed by atoms with Gasteiger partial charge in [-0.1, -0.05) is 12.1 Å². The normalized spacial score (nSPS) is 19.4. The van der Waals surface area contributed by atoms with Gasteiger partial charge in [0.15, 0.2) is 46.0 Å². The molecular formula is C47H52ClI2N3O16S. The number of fused-ring (bicyclic) bond motifs is 6. The predicted molar refractivity (Wildman–Crippen MR) is 273 cm³/mol. The van der Waals surface area contributed by atoms with Gasteiger partial charge in [-0.05, 0) is 87.8 Å². The summed E-state index contributed by atoms with van der Waals surface area (Å²) in [5.74, 6) is 3.92. The summed E-state index contributed by atoms with van der Waals surface area (Å²) < 4.78 is 72.0. The molecule has 4 aromatic rings. The summed E-state index contributed by atoms with van der Waals surface area (Å²) in [6, 6.07) is 8.84. The Bertz CT molecular complexity index is 2640. The quantitative estimate of drug-likeness (QED) is 0.130. The molecule has 4 atom stereocenters. The van der Waals surface area contributed by atoms with Crippen molar-refractivity contribution in [3.8, 4) is 57.5 Å². The zero-order chi connectivity index (χ0) is 51.1. The van der Waals surface area contributed by atoms with Crippen LogP contribution in [0.4, 0.5) is 0 Å². The molecule has 0 amide bonds. The Kier molecular flexibility index (Phi) is 18.6. The van der Waals surface area contributed by atoms with Crippen LogP contribution in [-0.2, 0) is 39.5 Å². The molecule has 0 saturated heterocycles. The van der Waals surface area contributed by atoms with Gasteiger partial charge in [-0.3, -0.25) is 14.6 Å². The number of nitrogens with zero attached hydrogens (tertiary/aromatic N) is 3. The average Bonchev–Trinajstić information content (AvgIpc) is 4.18. The Morgan fingerprint density at radius 3 is 1.61 bits per heavy atom. The van der Waals surface area contributed by atoms with Crippen LogP contribution in [0.2, 0.25) is 0 Å². The number of ether oxygens (including phenoxy) is 12. The highest BCUT2D eigenvalue weighted by Crippen LogP contribution is 2.58. The highest BCUT2D eigenvalue weighted by Gasteiger charge is 2.48. The fourth-order valence-electron chi connectivity index (χ4n) is 9.49. The van der Waals surface area contributed by atoms with E-state index < -0.39 is 30.1 Å². The van der Waals surface area contributed by atoms with Crippen LogP contribution in [0.25, 0.3) is 0 Å². The van der Waals surface area contributed by atoms with Crippen molar-refractivity contribution in [1.82, 2.24) is 9.80 Å². The van der Waals surface area contributed by atoms with E-state index in [2.05, 4.69) is 58.1 Å². The van der Waals surface area contributed by atoms with E-state index in [0.29, 0.717) is 62.9 Å². The van der Waals surface area contributed by atoms with Crippen molar-refractivity contribution in [3.63, 3.8) is 0 Å². The number of carbonyl (C=O) groups excluding carboxylic acids is 2. The summed E-state index contributed by atoms with van der Waals surface area (Å²) in [5, 5.41) is 7.42. The van der Waals surface area contributed by atoms with E-state index in [1.807, 2.05) is 32.3 Å². The maximum Gasteiger partial charge on any atom is 0.343 e. The van der Waals surface area contributed by atoms with Crippen LogP contribution in [0.5, 0.6) is 57.5 Å². The summed E-state index contributed by atoms with van der Waals surface area (Å²) in [7, 11) is 19.6. The molecule has 0 saturated carbocycles. The van der Waals surface area contributed by atoms with E-state index in [0.717, 1.165) is 75.6 Å². The smallest absolute Gasteiger partial charge is 0.343 e. The number of benzene rings is 4. The lowest BCUT2D eigenvalue weighted by molar-refractivity contribution is -0.134. The van der Waals surface area contributed by atoms with Crippen molar-refractivity contribution in [2.24, 2.45) is 4.36 Å². The first kappa shape index (κ1) is 54.3. The number of aliphatic carboxylic acids is 1. The summed E-state index contributed by atoms with van der Waals surface area (Å²) in [6.45, 7) is 3.00. The summed E-state index contributed by atoms with van der Waals surface area (Å²) in [5.41, 5.74) is 6.49. The molecule has 70 heavy (non-hydrogen) atoms. The van der Waals surface area contributed by atoms with Gasteiger partial charge >= 0.3 is 11.9 Å². The number of rotatable bonds is 8. The molecule has 0 radical (unpaired) electrons. The van der Waals surface area contributed by atoms with Gasteiger partial charge in [0.2, 0.25) is 25.1 Å². The van der Waals surface area contributed by atoms with Gasteiger partial charge in [0.1, 0.15) is 23.3 Å². The molecule has 6 heterocycles. The lowest BCUT2D eigenvalue weighted by Gasteiger charge is -2.39. The molecule has 19 nitrogen and oxygen atoms in total. The first-order valence-electron chi connectivity index (χ1n) is 21.3. The van der Waals surface area contributed by atoms with Gasteiger partial charge in [-0.2, -0.15) is 0 Å². The number of hydrogen-bond acceptors (Lipinski definition) is 19. The average molecular weight is 1240 g/mol. The predicted octanol–water partition coefficient (Wildman–Crippen LogP) is 8.38. The van der Waals surface area contributed by atoms with Gasteiger partial charge in [0.05, 0.1) is 58.3 Å². The minimum absolute atomic E-state index is 0.156. The molecule has 0 fully saturated rings. The van der Waals surface area contributed by atoms with Crippen LogP contribution in [0.1, 0.15) is 85.3 Å². The van der Waals surface area contributed by atoms with Crippen LogP contribution in [-0.4, -0.2) is 123 Å². The van der Waals surface area contributed by atoms with Crippen LogP contribution >= 0.6 is 53.0 Å². The van der Waals surface area contributed by atoms with E-state index in [1.54, 1.807) is 69.1 Å². The number of esters is 2. The van der Waals surface area contributed by atoms with Gasteiger partial charge < -0.3 is 61.9 Å². The largest absolute Gasteiger partial charge is 0.493 e. The highest BCUT2D eigenvalue weighted by atomic mass is 127. The van der Waals surface area contributed by atoms with E-state index in [1.165, 1.54) is 14.2 Å². The SMILES string of the molecule is CC(=O)O.CN=S.COc1ccc2c(c1OC)C(=O)O[C@@H]2[C@H]1c2c(c(I)c3c(c2OC)OCO3)CCN1C.COc1ccc2c(c1OC)C(=O)O[C@@H]2[C@H]1c2c(cc3c(c2OC)OCO3)CCN1C.ClI. The van der Waals surface area contributed by atoms with Crippen LogP contribution in [0.3, 0.4) is 0 Å². The highest BCUT2D eigenvalue weighted by molar-refractivity contribution is 14.1. The molecule has 0 aliphatic carbocycles. The molecule has 0 unspecified atom stereocenters. The standard InChI is InChI=1S/C22H22INO7.C22H23NO7.C2H4O2.CH3NS.ClI/c1-24-8-7-10-13(19(28-4)21-20(15(10)23)29-9-30-21)16(24)17-11-5-6-12(26-2)18(27-3)14(11)22(25)31-17;1-23-8-7-11-9-14-20(29-10-28-14)21(27-4)15(11)17(23)18-12-5-6-13(25-2)19(26-3)16(12)22(24)30-18;1-2(3)4;1-2-3;1-2/h5-6,16-17H,7-9H2,1-4H3;5-6,9,17-18H,7-8,10H2,1-4H3;1H3,(H,3,4);1H3;/t16-,17+;17-,18+;;;/m11.../s1. The third kappa shape index (κ3) is 10.1. The Hall–Kier alpha value is -5.02. The van der Waals surface area contributed by atoms with E-state index in [9.17, 15) is 9.59 Å². The zero-order valence-corrected chi connectivity index (χ0v) is 45.8.